The Hall–Kier alpha value is -3.21. The van der Waals surface area contributed by atoms with Crippen molar-refractivity contribution in [3.8, 4) is 11.4 Å². The number of nitrogens with zero attached hydrogens (tertiary/aromatic N) is 2. The number of nitrogens with one attached hydrogen (secondary N) is 1. The molecule has 0 aliphatic heterocycles. The maximum Gasteiger partial charge on any atom is 0.246 e. The molecule has 0 bridgehead atoms. The maximum atomic E-state index is 11.9. The number of carbonyl (C=O) groups is 1. The van der Waals surface area contributed by atoms with E-state index >= 15 is 0 Å². The molecule has 1 heterocycles. The molecule has 0 saturated carbocycles. The van der Waals surface area contributed by atoms with Gasteiger partial charge >= 0.3 is 0 Å². The minimum absolute atomic E-state index is 0.190. The van der Waals surface area contributed by atoms with Crippen LogP contribution in [0, 0.1) is 13.8 Å². The van der Waals surface area contributed by atoms with Crippen molar-refractivity contribution in [3.05, 3.63) is 77.2 Å². The fraction of sp³-hybridized carbons (Fsp3) is 0.150. The zero-order valence-corrected chi connectivity index (χ0v) is 14.2. The Morgan fingerprint density at radius 2 is 1.92 bits per heavy atom. The third kappa shape index (κ3) is 4.64. The van der Waals surface area contributed by atoms with Gasteiger partial charge in [0, 0.05) is 11.6 Å². The summed E-state index contributed by atoms with van der Waals surface area (Å²) < 4.78 is 5.19. The van der Waals surface area contributed by atoms with Crippen molar-refractivity contribution in [2.75, 3.05) is 0 Å². The Balaban J connectivity index is 1.56. The van der Waals surface area contributed by atoms with Gasteiger partial charge in [0.05, 0.1) is 6.54 Å². The molecule has 3 aromatic rings. The summed E-state index contributed by atoms with van der Waals surface area (Å²) in [5, 5.41) is 6.69. The minimum Gasteiger partial charge on any atom is -0.343 e. The normalized spacial score (nSPS) is 11.0. The van der Waals surface area contributed by atoms with Gasteiger partial charge in [0.15, 0.2) is 0 Å². The molecular weight excluding hydrogens is 314 g/mol. The molecule has 0 radical (unpaired) electrons. The van der Waals surface area contributed by atoms with Crippen molar-refractivity contribution in [2.45, 2.75) is 20.4 Å². The second-order valence-electron chi connectivity index (χ2n) is 5.84. The van der Waals surface area contributed by atoms with Crippen LogP contribution in [0.2, 0.25) is 0 Å². The number of hydrogen-bond acceptors (Lipinski definition) is 4. The predicted molar refractivity (Wildman–Crippen MR) is 96.5 cm³/mol. The number of aromatic nitrogens is 2. The molecule has 126 valence electrons. The molecule has 25 heavy (non-hydrogen) atoms. The maximum absolute atomic E-state index is 11.9. The van der Waals surface area contributed by atoms with Gasteiger partial charge < -0.3 is 9.84 Å². The van der Waals surface area contributed by atoms with E-state index in [1.807, 2.05) is 62.4 Å². The number of benzene rings is 2. The molecule has 1 N–H and O–H groups in total. The lowest BCUT2D eigenvalue weighted by Crippen LogP contribution is -2.20. The van der Waals surface area contributed by atoms with E-state index in [0.29, 0.717) is 11.7 Å². The van der Waals surface area contributed by atoms with Crippen LogP contribution < -0.4 is 5.32 Å². The van der Waals surface area contributed by atoms with Gasteiger partial charge in [-0.1, -0.05) is 58.7 Å². The molecular formula is C20H19N3O2. The highest BCUT2D eigenvalue weighted by Gasteiger charge is 2.09. The highest BCUT2D eigenvalue weighted by molar-refractivity contribution is 5.91. The van der Waals surface area contributed by atoms with Crippen molar-refractivity contribution < 1.29 is 9.32 Å². The summed E-state index contributed by atoms with van der Waals surface area (Å²) in [5.74, 6) is 0.674. The van der Waals surface area contributed by atoms with Crippen LogP contribution in [0.25, 0.3) is 17.5 Å². The molecule has 5 heteroatoms. The van der Waals surface area contributed by atoms with Gasteiger partial charge in [0.25, 0.3) is 0 Å². The van der Waals surface area contributed by atoms with Crippen LogP contribution in [0.5, 0.6) is 0 Å². The van der Waals surface area contributed by atoms with E-state index in [0.717, 1.165) is 16.7 Å². The molecule has 1 amide bonds. The average Bonchev–Trinajstić information content (AvgIpc) is 3.08. The van der Waals surface area contributed by atoms with Gasteiger partial charge in [0.1, 0.15) is 0 Å². The molecule has 0 aliphatic carbocycles. The van der Waals surface area contributed by atoms with Gasteiger partial charge in [-0.15, -0.1) is 0 Å². The van der Waals surface area contributed by atoms with Crippen LogP contribution in [0.1, 0.15) is 22.6 Å². The van der Waals surface area contributed by atoms with E-state index in [4.69, 9.17) is 4.52 Å². The first kappa shape index (κ1) is 16.6. The first-order valence-electron chi connectivity index (χ1n) is 8.02. The molecule has 0 fully saturated rings. The summed E-state index contributed by atoms with van der Waals surface area (Å²) in [7, 11) is 0. The van der Waals surface area contributed by atoms with Crippen LogP contribution in [0.15, 0.2) is 59.1 Å². The Kier molecular flexibility index (Phi) is 5.04. The molecule has 2 aromatic carbocycles. The van der Waals surface area contributed by atoms with Crippen LogP contribution in [-0.4, -0.2) is 16.0 Å². The number of carbonyl (C=O) groups excluding carboxylic acids is 1. The van der Waals surface area contributed by atoms with Crippen LogP contribution in [0.3, 0.4) is 0 Å². The number of aryl methyl sites for hydroxylation is 2. The molecule has 0 spiro atoms. The smallest absolute Gasteiger partial charge is 0.246 e. The third-order valence-corrected chi connectivity index (χ3v) is 3.66. The number of rotatable bonds is 5. The van der Waals surface area contributed by atoms with E-state index in [9.17, 15) is 4.79 Å². The second-order valence-corrected chi connectivity index (χ2v) is 5.84. The first-order chi connectivity index (χ1) is 12.1. The largest absolute Gasteiger partial charge is 0.343 e. The summed E-state index contributed by atoms with van der Waals surface area (Å²) in [6, 6.07) is 15.8. The lowest BCUT2D eigenvalue weighted by atomic mass is 10.1. The topological polar surface area (TPSA) is 68.0 Å². The molecule has 3 rings (SSSR count). The summed E-state index contributed by atoms with van der Waals surface area (Å²) in [6.07, 6.45) is 3.25. The molecule has 5 nitrogen and oxygen atoms in total. The summed E-state index contributed by atoms with van der Waals surface area (Å²) in [4.78, 5) is 16.2. The zero-order chi connectivity index (χ0) is 17.6. The molecule has 0 saturated heterocycles. The van der Waals surface area contributed by atoms with E-state index in [1.165, 1.54) is 11.6 Å². The fourth-order valence-electron chi connectivity index (χ4n) is 2.30. The Bertz CT molecular complexity index is 895. The van der Waals surface area contributed by atoms with Crippen molar-refractivity contribution in [3.63, 3.8) is 0 Å². The lowest BCUT2D eigenvalue weighted by molar-refractivity contribution is -0.116. The number of amides is 1. The Labute approximate surface area is 146 Å². The first-order valence-corrected chi connectivity index (χ1v) is 8.02. The van der Waals surface area contributed by atoms with Crippen molar-refractivity contribution in [1.29, 1.82) is 0 Å². The summed E-state index contributed by atoms with van der Waals surface area (Å²) >= 11 is 0. The molecule has 1 aromatic heterocycles. The van der Waals surface area contributed by atoms with Crippen molar-refractivity contribution >= 4 is 12.0 Å². The van der Waals surface area contributed by atoms with Gasteiger partial charge in [-0.2, -0.15) is 4.98 Å². The van der Waals surface area contributed by atoms with E-state index < -0.39 is 0 Å². The predicted octanol–water partition coefficient (Wildman–Crippen LogP) is 3.68. The van der Waals surface area contributed by atoms with Crippen LogP contribution in [-0.2, 0) is 11.3 Å². The van der Waals surface area contributed by atoms with Crippen LogP contribution >= 0.6 is 0 Å². The monoisotopic (exact) mass is 333 g/mol. The van der Waals surface area contributed by atoms with Gasteiger partial charge in [0.2, 0.25) is 17.6 Å². The SMILES string of the molecule is Cc1ccc(/C=C/C(=O)NCc2nc(-c3cccc(C)c3)no2)cc1. The van der Waals surface area contributed by atoms with Crippen molar-refractivity contribution in [2.24, 2.45) is 0 Å². The van der Waals surface area contributed by atoms with Gasteiger partial charge in [-0.05, 0) is 31.6 Å². The number of hydrogen-bond donors (Lipinski definition) is 1. The minimum atomic E-state index is -0.212. The van der Waals surface area contributed by atoms with Crippen LogP contribution in [0.4, 0.5) is 0 Å². The lowest BCUT2D eigenvalue weighted by Gasteiger charge is -1.98. The Morgan fingerprint density at radius 3 is 2.68 bits per heavy atom. The molecule has 0 unspecified atom stereocenters. The summed E-state index contributed by atoms with van der Waals surface area (Å²) in [6.45, 7) is 4.22. The Morgan fingerprint density at radius 1 is 1.12 bits per heavy atom. The molecule has 0 aliphatic rings. The highest BCUT2D eigenvalue weighted by Crippen LogP contribution is 2.16. The van der Waals surface area contributed by atoms with Gasteiger partial charge in [-0.25, -0.2) is 0 Å². The fourth-order valence-corrected chi connectivity index (χ4v) is 2.30. The van der Waals surface area contributed by atoms with E-state index in [2.05, 4.69) is 15.5 Å². The van der Waals surface area contributed by atoms with E-state index in [1.54, 1.807) is 6.08 Å². The van der Waals surface area contributed by atoms with E-state index in [-0.39, 0.29) is 12.5 Å². The zero-order valence-electron chi connectivity index (χ0n) is 14.2. The second kappa shape index (κ2) is 7.57. The summed E-state index contributed by atoms with van der Waals surface area (Å²) in [5.41, 5.74) is 4.17. The highest BCUT2D eigenvalue weighted by atomic mass is 16.5. The quantitative estimate of drug-likeness (QED) is 0.723. The standard InChI is InChI=1S/C20H19N3O2/c1-14-6-8-16(9-7-14)10-11-18(24)21-13-19-22-20(23-25-19)17-5-3-4-15(2)12-17/h3-12H,13H2,1-2H3,(H,21,24)/b11-10+. The third-order valence-electron chi connectivity index (χ3n) is 3.66. The molecule has 0 atom stereocenters. The average molecular weight is 333 g/mol. The van der Waals surface area contributed by atoms with Crippen molar-refractivity contribution in [1.82, 2.24) is 15.5 Å². The van der Waals surface area contributed by atoms with Gasteiger partial charge in [-0.3, -0.25) is 4.79 Å².